The van der Waals surface area contributed by atoms with E-state index in [0.717, 1.165) is 68.9 Å². The van der Waals surface area contributed by atoms with Gasteiger partial charge in [0.15, 0.2) is 5.13 Å². The maximum absolute atomic E-state index is 10.2. The van der Waals surface area contributed by atoms with Crippen LogP contribution in [0.1, 0.15) is 25.7 Å². The van der Waals surface area contributed by atoms with Crippen molar-refractivity contribution >= 4 is 37.7 Å². The van der Waals surface area contributed by atoms with Gasteiger partial charge in [-0.05, 0) is 43.2 Å². The van der Waals surface area contributed by atoms with E-state index < -0.39 is 0 Å². The van der Waals surface area contributed by atoms with Crippen molar-refractivity contribution in [3.8, 4) is 22.6 Å². The van der Waals surface area contributed by atoms with Crippen molar-refractivity contribution in [1.82, 2.24) is 19.9 Å². The first-order valence-corrected chi connectivity index (χ1v) is 11.9. The highest BCUT2D eigenvalue weighted by Gasteiger charge is 2.23. The summed E-state index contributed by atoms with van der Waals surface area (Å²) >= 11 is 1.58. The number of nitrogens with zero attached hydrogens (tertiary/aromatic N) is 3. The van der Waals surface area contributed by atoms with Crippen LogP contribution in [0.3, 0.4) is 0 Å². The van der Waals surface area contributed by atoms with Crippen LogP contribution in [0, 0.1) is 0 Å². The van der Waals surface area contributed by atoms with Crippen LogP contribution in [0.4, 0.5) is 5.13 Å². The van der Waals surface area contributed by atoms with Gasteiger partial charge in [-0.3, -0.25) is 4.98 Å². The van der Waals surface area contributed by atoms with E-state index >= 15 is 0 Å². The molecule has 0 unspecified atom stereocenters. The zero-order valence-corrected chi connectivity index (χ0v) is 18.7. The van der Waals surface area contributed by atoms with E-state index in [9.17, 15) is 5.11 Å². The fourth-order valence-electron chi connectivity index (χ4n) is 4.33. The number of nitrogens with one attached hydrogen (secondary N) is 2. The first kappa shape index (κ1) is 20.1. The lowest BCUT2D eigenvalue weighted by Crippen LogP contribution is -2.36. The lowest BCUT2D eigenvalue weighted by Gasteiger charge is -2.27. The molecule has 8 heteroatoms. The number of rotatable bonds is 5. The minimum absolute atomic E-state index is 0.0730. The Bertz CT molecular complexity index is 1430. The largest absolute Gasteiger partial charge is 0.456 e. The van der Waals surface area contributed by atoms with Crippen LogP contribution in [0.5, 0.6) is 11.5 Å². The van der Waals surface area contributed by atoms with Gasteiger partial charge in [0.2, 0.25) is 0 Å². The second-order valence-corrected chi connectivity index (χ2v) is 9.43. The summed E-state index contributed by atoms with van der Waals surface area (Å²) in [5.74, 6) is 1.39. The molecule has 7 nitrogen and oxygen atoms in total. The SMILES string of the molecule is O[C@@H]1CCCC[C@H]1Nc1nc2ccc(Oc3cncc(-c4cnc5[nH]ccc5c4)c3)cc2s1. The minimum atomic E-state index is -0.308. The molecule has 1 fully saturated rings. The molecule has 0 amide bonds. The number of hydrogen-bond acceptors (Lipinski definition) is 7. The molecule has 166 valence electrons. The average molecular weight is 458 g/mol. The van der Waals surface area contributed by atoms with E-state index in [0.29, 0.717) is 5.75 Å². The number of pyridine rings is 2. The number of H-pyrrole nitrogens is 1. The summed E-state index contributed by atoms with van der Waals surface area (Å²) in [6.45, 7) is 0. The van der Waals surface area contributed by atoms with Gasteiger partial charge in [0.25, 0.3) is 0 Å². The molecular formula is C25H23N5O2S. The topological polar surface area (TPSA) is 95.9 Å². The Hall–Kier alpha value is -3.49. The summed E-state index contributed by atoms with van der Waals surface area (Å²) in [7, 11) is 0. The van der Waals surface area contributed by atoms with Crippen molar-refractivity contribution in [2.24, 2.45) is 0 Å². The van der Waals surface area contributed by atoms with Crippen molar-refractivity contribution in [2.75, 3.05) is 5.32 Å². The number of aromatic nitrogens is 4. The number of hydrogen-bond donors (Lipinski definition) is 3. The zero-order valence-electron chi connectivity index (χ0n) is 17.9. The Morgan fingerprint density at radius 3 is 2.85 bits per heavy atom. The van der Waals surface area contributed by atoms with Gasteiger partial charge in [0.05, 0.1) is 28.6 Å². The van der Waals surface area contributed by atoms with E-state index in [1.807, 2.05) is 48.9 Å². The van der Waals surface area contributed by atoms with Crippen LogP contribution >= 0.6 is 11.3 Å². The lowest BCUT2D eigenvalue weighted by molar-refractivity contribution is 0.116. The Morgan fingerprint density at radius 2 is 1.91 bits per heavy atom. The van der Waals surface area contributed by atoms with Gasteiger partial charge in [-0.2, -0.15) is 0 Å². The molecule has 3 N–H and O–H groups in total. The molecule has 1 aliphatic carbocycles. The first-order valence-electron chi connectivity index (χ1n) is 11.1. The predicted molar refractivity (Wildman–Crippen MR) is 131 cm³/mol. The monoisotopic (exact) mass is 457 g/mol. The Kier molecular flexibility index (Phi) is 5.16. The zero-order chi connectivity index (χ0) is 22.2. The third kappa shape index (κ3) is 4.15. The maximum Gasteiger partial charge on any atom is 0.184 e. The highest BCUT2D eigenvalue weighted by molar-refractivity contribution is 7.22. The standard InChI is InChI=1S/C25H23N5O2S/c31-22-4-2-1-3-20(22)29-25-30-21-6-5-18(11-23(21)33-25)32-19-10-17(12-26-14-19)16-9-15-7-8-27-24(15)28-13-16/h5-14,20,22,31H,1-4H2,(H,27,28)(H,29,30)/t20-,22-/m1/s1. The summed E-state index contributed by atoms with van der Waals surface area (Å²) in [6.07, 6.45) is 11.0. The smallest absolute Gasteiger partial charge is 0.184 e. The highest BCUT2D eigenvalue weighted by atomic mass is 32.1. The molecule has 1 aromatic carbocycles. The summed E-state index contributed by atoms with van der Waals surface area (Å²) in [5, 5.41) is 15.6. The molecule has 4 aromatic heterocycles. The second-order valence-electron chi connectivity index (χ2n) is 8.40. The van der Waals surface area contributed by atoms with E-state index in [1.54, 1.807) is 17.5 Å². The summed E-state index contributed by atoms with van der Waals surface area (Å²) < 4.78 is 7.16. The van der Waals surface area contributed by atoms with E-state index in [4.69, 9.17) is 4.74 Å². The third-order valence-corrected chi connectivity index (χ3v) is 7.03. The number of ether oxygens (including phenoxy) is 1. The number of thiazole rings is 1. The first-order chi connectivity index (χ1) is 16.2. The summed E-state index contributed by atoms with van der Waals surface area (Å²) in [6, 6.07) is 12.0. The molecule has 6 rings (SSSR count). The van der Waals surface area contributed by atoms with Crippen LogP contribution in [0.25, 0.3) is 32.4 Å². The van der Waals surface area contributed by atoms with Crippen LogP contribution < -0.4 is 10.1 Å². The molecule has 1 saturated carbocycles. The van der Waals surface area contributed by atoms with E-state index in [1.165, 1.54) is 0 Å². The normalized spacial score (nSPS) is 18.6. The number of aliphatic hydroxyl groups is 1. The van der Waals surface area contributed by atoms with Crippen LogP contribution in [0.15, 0.2) is 61.2 Å². The van der Waals surface area contributed by atoms with Crippen molar-refractivity contribution in [2.45, 2.75) is 37.8 Å². The third-order valence-electron chi connectivity index (χ3n) is 6.08. The van der Waals surface area contributed by atoms with E-state index in [-0.39, 0.29) is 12.1 Å². The van der Waals surface area contributed by atoms with Crippen LogP contribution in [-0.4, -0.2) is 37.2 Å². The van der Waals surface area contributed by atoms with Gasteiger partial charge >= 0.3 is 0 Å². The lowest BCUT2D eigenvalue weighted by atomic mass is 9.93. The van der Waals surface area contributed by atoms with Crippen molar-refractivity contribution in [3.05, 3.63) is 61.2 Å². The molecule has 4 heterocycles. The number of benzene rings is 1. The average Bonchev–Trinajstić information content (AvgIpc) is 3.46. The number of anilines is 1. The fourth-order valence-corrected chi connectivity index (χ4v) is 5.29. The molecule has 0 radical (unpaired) electrons. The quantitative estimate of drug-likeness (QED) is 0.311. The van der Waals surface area contributed by atoms with Gasteiger partial charge in [0.1, 0.15) is 17.1 Å². The summed E-state index contributed by atoms with van der Waals surface area (Å²) in [4.78, 5) is 16.6. The number of fused-ring (bicyclic) bond motifs is 2. The van der Waals surface area contributed by atoms with Crippen molar-refractivity contribution < 1.29 is 9.84 Å². The fraction of sp³-hybridized carbons (Fsp3) is 0.240. The number of aromatic amines is 1. The van der Waals surface area contributed by atoms with Crippen molar-refractivity contribution in [1.29, 1.82) is 0 Å². The Balaban J connectivity index is 1.22. The van der Waals surface area contributed by atoms with Gasteiger partial charge < -0.3 is 20.1 Å². The molecule has 2 atom stereocenters. The van der Waals surface area contributed by atoms with Gasteiger partial charge in [-0.25, -0.2) is 9.97 Å². The summed E-state index contributed by atoms with van der Waals surface area (Å²) in [5.41, 5.74) is 3.71. The maximum atomic E-state index is 10.2. The molecule has 0 spiro atoms. The minimum Gasteiger partial charge on any atom is -0.456 e. The van der Waals surface area contributed by atoms with Gasteiger partial charge in [-0.1, -0.05) is 24.2 Å². The Labute approximate surface area is 194 Å². The van der Waals surface area contributed by atoms with Crippen molar-refractivity contribution in [3.63, 3.8) is 0 Å². The van der Waals surface area contributed by atoms with Gasteiger partial charge in [0, 0.05) is 41.2 Å². The Morgan fingerprint density at radius 1 is 1.00 bits per heavy atom. The number of aliphatic hydroxyl groups excluding tert-OH is 1. The molecule has 0 saturated heterocycles. The highest BCUT2D eigenvalue weighted by Crippen LogP contribution is 2.33. The molecule has 5 aromatic rings. The molecular weight excluding hydrogens is 434 g/mol. The van der Waals surface area contributed by atoms with Crippen LogP contribution in [0.2, 0.25) is 0 Å². The predicted octanol–water partition coefficient (Wildman–Crippen LogP) is 5.74. The van der Waals surface area contributed by atoms with Crippen LogP contribution in [-0.2, 0) is 0 Å². The molecule has 0 bridgehead atoms. The second kappa shape index (κ2) is 8.46. The molecule has 33 heavy (non-hydrogen) atoms. The van der Waals surface area contributed by atoms with Gasteiger partial charge in [-0.15, -0.1) is 0 Å². The van der Waals surface area contributed by atoms with E-state index in [2.05, 4.69) is 31.3 Å². The molecule has 0 aliphatic heterocycles. The molecule has 1 aliphatic rings.